The van der Waals surface area contributed by atoms with Crippen molar-refractivity contribution >= 4 is 5.91 Å². The Balaban J connectivity index is 1.43. The predicted molar refractivity (Wildman–Crippen MR) is 90.8 cm³/mol. The number of nitrogens with zero attached hydrogens (tertiary/aromatic N) is 2. The van der Waals surface area contributed by atoms with Crippen LogP contribution >= 0.6 is 0 Å². The number of amides is 1. The van der Waals surface area contributed by atoms with Gasteiger partial charge in [0.1, 0.15) is 11.4 Å². The van der Waals surface area contributed by atoms with Gasteiger partial charge >= 0.3 is 0 Å². The second-order valence-electron chi connectivity index (χ2n) is 7.81. The minimum absolute atomic E-state index is 0.118. The lowest BCUT2D eigenvalue weighted by molar-refractivity contribution is 0.0925. The van der Waals surface area contributed by atoms with Gasteiger partial charge in [-0.1, -0.05) is 6.42 Å². The zero-order chi connectivity index (χ0) is 16.7. The Morgan fingerprint density at radius 1 is 1.33 bits per heavy atom. The number of rotatable bonds is 5. The molecule has 3 aliphatic rings. The summed E-state index contributed by atoms with van der Waals surface area (Å²) in [6.07, 6.45) is 8.02. The van der Waals surface area contributed by atoms with E-state index < -0.39 is 0 Å². The second-order valence-corrected chi connectivity index (χ2v) is 7.81. The average molecular weight is 330 g/mol. The van der Waals surface area contributed by atoms with Crippen molar-refractivity contribution < 1.29 is 4.79 Å². The van der Waals surface area contributed by atoms with Crippen molar-refractivity contribution in [3.8, 4) is 0 Å². The lowest BCUT2D eigenvalue weighted by Crippen LogP contribution is -2.43. The maximum atomic E-state index is 12.5. The van der Waals surface area contributed by atoms with Gasteiger partial charge in [0.2, 0.25) is 0 Å². The molecule has 0 aromatic carbocycles. The lowest BCUT2D eigenvalue weighted by atomic mass is 9.85. The molecule has 0 radical (unpaired) electrons. The smallest absolute Gasteiger partial charge is 0.263 e. The van der Waals surface area contributed by atoms with Gasteiger partial charge in [0, 0.05) is 31.9 Å². The van der Waals surface area contributed by atoms with Gasteiger partial charge in [0.15, 0.2) is 0 Å². The number of H-pyrrole nitrogens is 1. The van der Waals surface area contributed by atoms with Crippen LogP contribution in [0.5, 0.6) is 0 Å². The maximum absolute atomic E-state index is 12.5. The highest BCUT2D eigenvalue weighted by Crippen LogP contribution is 2.42. The van der Waals surface area contributed by atoms with Crippen molar-refractivity contribution in [1.29, 1.82) is 0 Å². The van der Waals surface area contributed by atoms with Crippen LogP contribution in [0.1, 0.15) is 48.3 Å². The maximum Gasteiger partial charge on any atom is 0.263 e. The van der Waals surface area contributed by atoms with E-state index in [0.29, 0.717) is 11.7 Å². The molecule has 2 aliphatic carbocycles. The summed E-state index contributed by atoms with van der Waals surface area (Å²) >= 11 is 0. The first-order valence-corrected chi connectivity index (χ1v) is 9.19. The van der Waals surface area contributed by atoms with Crippen LogP contribution in [0.15, 0.2) is 11.0 Å². The molecule has 1 saturated heterocycles. The number of aromatic amines is 1. The number of hydrogen-bond acceptors (Lipinski definition) is 4. The number of nitrogens with one attached hydrogen (secondary N) is 2. The molecule has 24 heavy (non-hydrogen) atoms. The van der Waals surface area contributed by atoms with Crippen LogP contribution in [-0.4, -0.2) is 46.5 Å². The van der Waals surface area contributed by atoms with E-state index in [4.69, 9.17) is 0 Å². The van der Waals surface area contributed by atoms with Crippen molar-refractivity contribution in [2.75, 3.05) is 19.6 Å². The summed E-state index contributed by atoms with van der Waals surface area (Å²) < 4.78 is 0. The molecule has 4 rings (SSSR count). The SMILES string of the molecule is Cc1ncc(C(=O)N[C@H]2CN(CC3CCC3)C[C@@H]2C2CC2)c(=O)[nH]1. The Morgan fingerprint density at radius 2 is 2.12 bits per heavy atom. The Bertz CT molecular complexity index is 678. The molecule has 1 aliphatic heterocycles. The molecule has 130 valence electrons. The first-order chi connectivity index (χ1) is 11.6. The van der Waals surface area contributed by atoms with E-state index in [1.807, 2.05) is 0 Å². The molecule has 0 spiro atoms. The van der Waals surface area contributed by atoms with Gasteiger partial charge in [-0.2, -0.15) is 0 Å². The van der Waals surface area contributed by atoms with Gasteiger partial charge in [0.25, 0.3) is 11.5 Å². The molecular weight excluding hydrogens is 304 g/mol. The number of aryl methyl sites for hydroxylation is 1. The third-order valence-electron chi connectivity index (χ3n) is 5.90. The molecular formula is C18H26N4O2. The molecule has 3 fully saturated rings. The highest BCUT2D eigenvalue weighted by molar-refractivity contribution is 5.93. The summed E-state index contributed by atoms with van der Waals surface area (Å²) in [5, 5.41) is 3.13. The number of likely N-dealkylation sites (tertiary alicyclic amines) is 1. The third-order valence-corrected chi connectivity index (χ3v) is 5.90. The predicted octanol–water partition coefficient (Wildman–Crippen LogP) is 1.32. The first kappa shape index (κ1) is 15.8. The van der Waals surface area contributed by atoms with E-state index >= 15 is 0 Å². The molecule has 1 amide bonds. The summed E-state index contributed by atoms with van der Waals surface area (Å²) in [5.41, 5.74) is -0.236. The molecule has 6 nitrogen and oxygen atoms in total. The molecule has 6 heteroatoms. The largest absolute Gasteiger partial charge is 0.347 e. The third kappa shape index (κ3) is 3.24. The van der Waals surface area contributed by atoms with Crippen LogP contribution in [0.25, 0.3) is 0 Å². The molecule has 2 N–H and O–H groups in total. The Hall–Kier alpha value is -1.69. The van der Waals surface area contributed by atoms with Gasteiger partial charge in [-0.15, -0.1) is 0 Å². The quantitative estimate of drug-likeness (QED) is 0.853. The lowest BCUT2D eigenvalue weighted by Gasteiger charge is -2.30. The monoisotopic (exact) mass is 330 g/mol. The summed E-state index contributed by atoms with van der Waals surface area (Å²) in [4.78, 5) is 33.7. The Morgan fingerprint density at radius 3 is 2.75 bits per heavy atom. The standard InChI is InChI=1S/C18H26N4O2/c1-11-19-7-14(17(23)20-11)18(24)21-16-10-22(8-12-3-2-4-12)9-15(16)13-5-6-13/h7,12-13,15-16H,2-6,8-10H2,1H3,(H,21,24)(H,19,20,23)/t15-,16+/m1/s1. The van der Waals surface area contributed by atoms with E-state index in [-0.39, 0.29) is 23.1 Å². The number of aromatic nitrogens is 2. The van der Waals surface area contributed by atoms with Crippen LogP contribution in [0, 0.1) is 24.7 Å². The van der Waals surface area contributed by atoms with Gasteiger partial charge in [-0.3, -0.25) is 9.59 Å². The van der Waals surface area contributed by atoms with Crippen molar-refractivity contribution in [3.63, 3.8) is 0 Å². The van der Waals surface area contributed by atoms with Gasteiger partial charge in [0.05, 0.1) is 0 Å². The fourth-order valence-corrected chi connectivity index (χ4v) is 4.15. The van der Waals surface area contributed by atoms with Gasteiger partial charge in [-0.05, 0) is 50.4 Å². The topological polar surface area (TPSA) is 78.1 Å². The normalized spacial score (nSPS) is 27.9. The van der Waals surface area contributed by atoms with Crippen LogP contribution in [0.3, 0.4) is 0 Å². The second kappa shape index (κ2) is 6.31. The summed E-state index contributed by atoms with van der Waals surface area (Å²) in [6.45, 7) is 4.89. The average Bonchev–Trinajstić information content (AvgIpc) is 3.25. The number of carbonyl (C=O) groups excluding carboxylic acids is 1. The van der Waals surface area contributed by atoms with Gasteiger partial charge < -0.3 is 15.2 Å². The van der Waals surface area contributed by atoms with Crippen molar-refractivity contribution in [2.24, 2.45) is 17.8 Å². The fraction of sp³-hybridized carbons (Fsp3) is 0.722. The Labute approximate surface area is 142 Å². The summed E-state index contributed by atoms with van der Waals surface area (Å²) in [7, 11) is 0. The molecule has 2 saturated carbocycles. The number of carbonyl (C=O) groups is 1. The van der Waals surface area contributed by atoms with Crippen LogP contribution < -0.4 is 10.9 Å². The minimum Gasteiger partial charge on any atom is -0.347 e. The van der Waals surface area contributed by atoms with Crippen LogP contribution in [0.2, 0.25) is 0 Å². The van der Waals surface area contributed by atoms with E-state index in [9.17, 15) is 9.59 Å². The summed E-state index contributed by atoms with van der Waals surface area (Å²) in [6, 6.07) is 0.158. The highest BCUT2D eigenvalue weighted by atomic mass is 16.2. The van der Waals surface area contributed by atoms with E-state index in [0.717, 1.165) is 24.9 Å². The molecule has 2 heterocycles. The Kier molecular flexibility index (Phi) is 4.16. The van der Waals surface area contributed by atoms with Crippen molar-refractivity contribution in [3.05, 3.63) is 27.9 Å². The minimum atomic E-state index is -0.354. The number of hydrogen-bond donors (Lipinski definition) is 2. The summed E-state index contributed by atoms with van der Waals surface area (Å²) in [5.74, 6) is 2.37. The molecule has 0 unspecified atom stereocenters. The molecule has 1 aromatic heterocycles. The van der Waals surface area contributed by atoms with Crippen LogP contribution in [-0.2, 0) is 0 Å². The molecule has 2 atom stereocenters. The van der Waals surface area contributed by atoms with Crippen molar-refractivity contribution in [1.82, 2.24) is 20.2 Å². The van der Waals surface area contributed by atoms with Crippen molar-refractivity contribution in [2.45, 2.75) is 45.1 Å². The van der Waals surface area contributed by atoms with E-state index in [1.54, 1.807) is 6.92 Å². The highest BCUT2D eigenvalue weighted by Gasteiger charge is 2.43. The van der Waals surface area contributed by atoms with E-state index in [2.05, 4.69) is 20.2 Å². The zero-order valence-electron chi connectivity index (χ0n) is 14.3. The first-order valence-electron chi connectivity index (χ1n) is 9.19. The van der Waals surface area contributed by atoms with E-state index in [1.165, 1.54) is 44.8 Å². The van der Waals surface area contributed by atoms with Gasteiger partial charge in [-0.25, -0.2) is 4.98 Å². The molecule has 0 bridgehead atoms. The zero-order valence-corrected chi connectivity index (χ0v) is 14.3. The van der Waals surface area contributed by atoms with Crippen LogP contribution in [0.4, 0.5) is 0 Å². The fourth-order valence-electron chi connectivity index (χ4n) is 4.15. The molecule has 1 aromatic rings.